The predicted molar refractivity (Wildman–Crippen MR) is 60.1 cm³/mol. The fourth-order valence-electron chi connectivity index (χ4n) is 1.26. The van der Waals surface area contributed by atoms with Gasteiger partial charge in [-0.1, -0.05) is 0 Å². The van der Waals surface area contributed by atoms with Gasteiger partial charge in [-0.15, -0.1) is 11.8 Å². The average Bonchev–Trinajstić information content (AvgIpc) is 2.58. The molecule has 78 valence electrons. The van der Waals surface area contributed by atoms with Crippen molar-refractivity contribution in [1.29, 1.82) is 0 Å². The van der Waals surface area contributed by atoms with Crippen LogP contribution >= 0.6 is 11.8 Å². The van der Waals surface area contributed by atoms with Crippen molar-refractivity contribution in [3.63, 3.8) is 0 Å². The van der Waals surface area contributed by atoms with Crippen LogP contribution in [0.3, 0.4) is 0 Å². The van der Waals surface area contributed by atoms with Crippen molar-refractivity contribution in [2.24, 2.45) is 0 Å². The molecule has 0 saturated heterocycles. The molecule has 0 fully saturated rings. The Hall–Kier alpha value is -1.56. The first-order valence-electron chi connectivity index (χ1n) is 4.39. The van der Waals surface area contributed by atoms with E-state index in [2.05, 4.69) is 15.1 Å². The Bertz CT molecular complexity index is 479. The van der Waals surface area contributed by atoms with E-state index in [9.17, 15) is 0 Å². The molecule has 2 N–H and O–H groups in total. The highest BCUT2D eigenvalue weighted by atomic mass is 32.2. The molecule has 0 unspecified atom stereocenters. The largest absolute Gasteiger partial charge is 0.384 e. The third-order valence-electron chi connectivity index (χ3n) is 1.91. The van der Waals surface area contributed by atoms with Crippen LogP contribution in [0.15, 0.2) is 23.5 Å². The lowest BCUT2D eigenvalue weighted by Crippen LogP contribution is -2.04. The molecule has 0 atom stereocenters. The first-order chi connectivity index (χ1) is 7.20. The Kier molecular flexibility index (Phi) is 2.59. The average molecular weight is 221 g/mol. The summed E-state index contributed by atoms with van der Waals surface area (Å²) >= 11 is 1.56. The highest BCUT2D eigenvalue weighted by Crippen LogP contribution is 2.16. The van der Waals surface area contributed by atoms with Gasteiger partial charge < -0.3 is 5.73 Å². The van der Waals surface area contributed by atoms with Gasteiger partial charge in [-0.2, -0.15) is 9.78 Å². The second kappa shape index (κ2) is 3.90. The van der Waals surface area contributed by atoms with E-state index < -0.39 is 0 Å². The van der Waals surface area contributed by atoms with Crippen LogP contribution in [-0.4, -0.2) is 26.0 Å². The second-order valence-corrected chi connectivity index (χ2v) is 3.87. The molecular weight excluding hydrogens is 210 g/mol. The Labute approximate surface area is 91.7 Å². The smallest absolute Gasteiger partial charge is 0.160 e. The third-order valence-corrected chi connectivity index (χ3v) is 2.55. The van der Waals surface area contributed by atoms with Gasteiger partial charge in [-0.25, -0.2) is 9.97 Å². The lowest BCUT2D eigenvalue weighted by atomic mass is 10.5. The van der Waals surface area contributed by atoms with Crippen LogP contribution in [0.2, 0.25) is 0 Å². The summed E-state index contributed by atoms with van der Waals surface area (Å²) in [7, 11) is 0. The molecule has 2 aromatic rings. The van der Waals surface area contributed by atoms with Crippen molar-refractivity contribution < 1.29 is 0 Å². The highest BCUT2D eigenvalue weighted by Gasteiger charge is 2.06. The molecule has 0 amide bonds. The van der Waals surface area contributed by atoms with Gasteiger partial charge in [0.2, 0.25) is 0 Å². The number of nitrogens with two attached hydrogens (primary N) is 1. The number of rotatable bonds is 2. The van der Waals surface area contributed by atoms with E-state index in [1.807, 2.05) is 19.2 Å². The maximum atomic E-state index is 5.80. The van der Waals surface area contributed by atoms with Gasteiger partial charge in [-0.3, -0.25) is 0 Å². The molecule has 15 heavy (non-hydrogen) atoms. The van der Waals surface area contributed by atoms with Crippen LogP contribution in [0.25, 0.3) is 5.82 Å². The number of thioether (sulfide) groups is 1. The number of hydrogen-bond donors (Lipinski definition) is 1. The normalized spacial score (nSPS) is 10.5. The number of nitrogen functional groups attached to an aromatic ring is 1. The van der Waals surface area contributed by atoms with E-state index >= 15 is 0 Å². The molecule has 0 aliphatic heterocycles. The van der Waals surface area contributed by atoms with Crippen LogP contribution in [0.1, 0.15) is 5.69 Å². The van der Waals surface area contributed by atoms with E-state index in [1.54, 1.807) is 22.5 Å². The molecule has 2 rings (SSSR count). The summed E-state index contributed by atoms with van der Waals surface area (Å²) in [5.41, 5.74) is 6.67. The fourth-order valence-corrected chi connectivity index (χ4v) is 1.64. The number of nitrogens with zero attached hydrogens (tertiary/aromatic N) is 4. The lowest BCUT2D eigenvalue weighted by molar-refractivity contribution is 0.823. The standard InChI is InChI=1S/C9H11N5S/c1-6-3-7(10)14(13-6)8-4-9(15-2)12-5-11-8/h3-5H,10H2,1-2H3. The van der Waals surface area contributed by atoms with Crippen molar-refractivity contribution in [2.75, 3.05) is 12.0 Å². The van der Waals surface area contributed by atoms with Gasteiger partial charge in [0, 0.05) is 12.1 Å². The Morgan fingerprint density at radius 3 is 2.73 bits per heavy atom. The van der Waals surface area contributed by atoms with Crippen LogP contribution in [-0.2, 0) is 0 Å². The van der Waals surface area contributed by atoms with Gasteiger partial charge in [0.25, 0.3) is 0 Å². The van der Waals surface area contributed by atoms with E-state index in [-0.39, 0.29) is 0 Å². The molecular formula is C9H11N5S. The topological polar surface area (TPSA) is 69.6 Å². The van der Waals surface area contributed by atoms with Crippen LogP contribution in [0, 0.1) is 6.92 Å². The molecule has 2 heterocycles. The maximum Gasteiger partial charge on any atom is 0.160 e. The minimum atomic E-state index is 0.582. The molecule has 0 saturated carbocycles. The summed E-state index contributed by atoms with van der Waals surface area (Å²) in [5, 5.41) is 5.14. The summed E-state index contributed by atoms with van der Waals surface area (Å²) in [4.78, 5) is 8.22. The molecule has 0 aliphatic carbocycles. The zero-order valence-corrected chi connectivity index (χ0v) is 9.32. The molecule has 5 nitrogen and oxygen atoms in total. The van der Waals surface area contributed by atoms with Crippen molar-refractivity contribution in [1.82, 2.24) is 19.7 Å². The van der Waals surface area contributed by atoms with Crippen molar-refractivity contribution in [3.8, 4) is 5.82 Å². The Morgan fingerprint density at radius 1 is 1.33 bits per heavy atom. The summed E-state index contributed by atoms with van der Waals surface area (Å²) in [6, 6.07) is 3.66. The van der Waals surface area contributed by atoms with E-state index in [0.717, 1.165) is 10.7 Å². The number of anilines is 1. The predicted octanol–water partition coefficient (Wildman–Crippen LogP) is 1.27. The van der Waals surface area contributed by atoms with E-state index in [1.165, 1.54) is 6.33 Å². The number of hydrogen-bond acceptors (Lipinski definition) is 5. The third kappa shape index (κ3) is 1.94. The van der Waals surface area contributed by atoms with Crippen LogP contribution in [0.5, 0.6) is 0 Å². The SMILES string of the molecule is CSc1cc(-n2nc(C)cc2N)ncn1. The highest BCUT2D eigenvalue weighted by molar-refractivity contribution is 7.98. The van der Waals surface area contributed by atoms with Gasteiger partial charge >= 0.3 is 0 Å². The van der Waals surface area contributed by atoms with Gasteiger partial charge in [0.15, 0.2) is 5.82 Å². The minimum Gasteiger partial charge on any atom is -0.384 e. The quantitative estimate of drug-likeness (QED) is 0.611. The summed E-state index contributed by atoms with van der Waals surface area (Å²) in [6.07, 6.45) is 3.47. The monoisotopic (exact) mass is 221 g/mol. The molecule has 0 radical (unpaired) electrons. The minimum absolute atomic E-state index is 0.582. The number of aromatic nitrogens is 4. The van der Waals surface area contributed by atoms with Gasteiger partial charge in [0.1, 0.15) is 17.2 Å². The van der Waals surface area contributed by atoms with E-state index in [4.69, 9.17) is 5.73 Å². The maximum absolute atomic E-state index is 5.80. The summed E-state index contributed by atoms with van der Waals surface area (Å²) in [6.45, 7) is 1.89. The fraction of sp³-hybridized carbons (Fsp3) is 0.222. The summed E-state index contributed by atoms with van der Waals surface area (Å²) in [5.74, 6) is 1.28. The molecule has 0 bridgehead atoms. The van der Waals surface area contributed by atoms with Crippen LogP contribution in [0.4, 0.5) is 5.82 Å². The zero-order chi connectivity index (χ0) is 10.8. The number of aryl methyl sites for hydroxylation is 1. The van der Waals surface area contributed by atoms with Crippen LogP contribution < -0.4 is 5.73 Å². The van der Waals surface area contributed by atoms with Crippen molar-refractivity contribution >= 4 is 17.6 Å². The molecule has 0 spiro atoms. The Morgan fingerprint density at radius 2 is 2.13 bits per heavy atom. The molecule has 0 aliphatic rings. The first kappa shape index (κ1) is 9.97. The molecule has 0 aromatic carbocycles. The zero-order valence-electron chi connectivity index (χ0n) is 8.51. The first-order valence-corrected chi connectivity index (χ1v) is 5.61. The van der Waals surface area contributed by atoms with Crippen molar-refractivity contribution in [2.45, 2.75) is 11.9 Å². The lowest BCUT2D eigenvalue weighted by Gasteiger charge is -2.03. The van der Waals surface area contributed by atoms with Gasteiger partial charge in [0.05, 0.1) is 5.69 Å². The summed E-state index contributed by atoms with van der Waals surface area (Å²) < 4.78 is 1.61. The van der Waals surface area contributed by atoms with Crippen molar-refractivity contribution in [3.05, 3.63) is 24.2 Å². The second-order valence-electron chi connectivity index (χ2n) is 3.04. The molecule has 2 aromatic heterocycles. The van der Waals surface area contributed by atoms with Gasteiger partial charge in [-0.05, 0) is 13.2 Å². The molecule has 6 heteroatoms. The van der Waals surface area contributed by atoms with E-state index in [0.29, 0.717) is 11.6 Å². The Balaban J connectivity index is 2.49.